The van der Waals surface area contributed by atoms with Gasteiger partial charge in [-0.05, 0) is 76.4 Å². The highest BCUT2D eigenvalue weighted by Crippen LogP contribution is 2.33. The molecule has 2 aliphatic heterocycles. The van der Waals surface area contributed by atoms with Crippen molar-refractivity contribution in [2.75, 3.05) is 32.8 Å². The van der Waals surface area contributed by atoms with Crippen molar-refractivity contribution in [2.45, 2.75) is 51.9 Å². The van der Waals surface area contributed by atoms with Gasteiger partial charge in [0.2, 0.25) is 0 Å². The van der Waals surface area contributed by atoms with Crippen LogP contribution < -0.4 is 0 Å². The molecule has 1 unspecified atom stereocenters. The third kappa shape index (κ3) is 5.61. The number of amides is 2. The molecule has 1 atom stereocenters. The Labute approximate surface area is 227 Å². The average Bonchev–Trinajstić information content (AvgIpc) is 3.31. The van der Waals surface area contributed by atoms with E-state index in [0.717, 1.165) is 24.8 Å². The van der Waals surface area contributed by atoms with Gasteiger partial charge >= 0.3 is 6.09 Å². The average molecular weight is 534 g/mol. The van der Waals surface area contributed by atoms with Gasteiger partial charge in [-0.15, -0.1) is 0 Å². The largest absolute Gasteiger partial charge is 0.508 e. The molecule has 0 aliphatic carbocycles. The first-order valence-corrected chi connectivity index (χ1v) is 13.4. The van der Waals surface area contributed by atoms with Crippen molar-refractivity contribution in [3.63, 3.8) is 0 Å². The van der Waals surface area contributed by atoms with Crippen LogP contribution in [0.2, 0.25) is 0 Å². The van der Waals surface area contributed by atoms with E-state index in [1.54, 1.807) is 50.9 Å². The minimum Gasteiger partial charge on any atom is -0.508 e. The highest BCUT2D eigenvalue weighted by molar-refractivity contribution is 6.09. The van der Waals surface area contributed by atoms with Crippen LogP contribution in [0, 0.1) is 0 Å². The van der Waals surface area contributed by atoms with Crippen molar-refractivity contribution in [1.29, 1.82) is 0 Å². The van der Waals surface area contributed by atoms with Crippen LogP contribution in [0.4, 0.5) is 4.79 Å². The number of aromatic nitrogens is 3. The summed E-state index contributed by atoms with van der Waals surface area (Å²) < 4.78 is 13.3. The third-order valence-electron chi connectivity index (χ3n) is 6.92. The second-order valence-electron chi connectivity index (χ2n) is 10.9. The van der Waals surface area contributed by atoms with Gasteiger partial charge in [-0.25, -0.2) is 14.5 Å². The van der Waals surface area contributed by atoms with E-state index in [1.807, 2.05) is 20.8 Å². The molecule has 2 aliphatic rings. The van der Waals surface area contributed by atoms with Crippen LogP contribution in [0.15, 0.2) is 36.9 Å². The number of nitrogens with zero attached hydrogens (tertiary/aromatic N) is 5. The SMILES string of the molecule is C=Cc1nn(C2CCCCO2)c2nc(-c3ccc(O)cc3)cc(C(=O)N3CCN(C(=O)OC(C)(C)C)CC3)c12. The highest BCUT2D eigenvalue weighted by atomic mass is 16.6. The van der Waals surface area contributed by atoms with Gasteiger partial charge in [0.25, 0.3) is 5.91 Å². The molecule has 2 amide bonds. The Balaban J connectivity index is 1.53. The second kappa shape index (κ2) is 10.7. The lowest BCUT2D eigenvalue weighted by Crippen LogP contribution is -2.51. The molecule has 1 aromatic carbocycles. The fraction of sp³-hybridized carbons (Fsp3) is 0.448. The van der Waals surface area contributed by atoms with E-state index >= 15 is 0 Å². The quantitative estimate of drug-likeness (QED) is 0.511. The number of rotatable bonds is 4. The first kappa shape index (κ1) is 26.7. The number of pyridine rings is 1. The summed E-state index contributed by atoms with van der Waals surface area (Å²) in [5.74, 6) is -0.0212. The summed E-state index contributed by atoms with van der Waals surface area (Å²) in [5.41, 5.74) is 2.35. The van der Waals surface area contributed by atoms with Crippen molar-refractivity contribution < 1.29 is 24.2 Å². The van der Waals surface area contributed by atoms with Crippen molar-refractivity contribution in [1.82, 2.24) is 24.6 Å². The maximum Gasteiger partial charge on any atom is 0.410 e. The van der Waals surface area contributed by atoms with Gasteiger partial charge in [-0.1, -0.05) is 6.58 Å². The van der Waals surface area contributed by atoms with Crippen molar-refractivity contribution in [3.05, 3.63) is 48.2 Å². The van der Waals surface area contributed by atoms with Crippen molar-refractivity contribution in [3.8, 4) is 17.0 Å². The van der Waals surface area contributed by atoms with Crippen LogP contribution in [-0.2, 0) is 9.47 Å². The smallest absolute Gasteiger partial charge is 0.410 e. The Morgan fingerprint density at radius 2 is 1.79 bits per heavy atom. The Hall–Kier alpha value is -3.92. The van der Waals surface area contributed by atoms with Crippen LogP contribution in [0.1, 0.15) is 62.3 Å². The van der Waals surface area contributed by atoms with E-state index in [2.05, 4.69) is 6.58 Å². The van der Waals surface area contributed by atoms with Crippen LogP contribution in [0.25, 0.3) is 28.4 Å². The minimum absolute atomic E-state index is 0.147. The van der Waals surface area contributed by atoms with Gasteiger partial charge in [-0.2, -0.15) is 5.10 Å². The number of fused-ring (bicyclic) bond motifs is 1. The number of phenols is 1. The minimum atomic E-state index is -0.583. The molecule has 0 bridgehead atoms. The zero-order chi connectivity index (χ0) is 27.7. The lowest BCUT2D eigenvalue weighted by atomic mass is 10.0. The van der Waals surface area contributed by atoms with Crippen molar-refractivity contribution in [2.24, 2.45) is 0 Å². The molecule has 0 saturated carbocycles. The summed E-state index contributed by atoms with van der Waals surface area (Å²) in [6.07, 6.45) is 3.79. The zero-order valence-corrected chi connectivity index (χ0v) is 22.7. The fourth-order valence-electron chi connectivity index (χ4n) is 4.96. The first-order chi connectivity index (χ1) is 18.6. The number of aromatic hydroxyl groups is 1. The van der Waals surface area contributed by atoms with Gasteiger partial charge in [0, 0.05) is 38.3 Å². The van der Waals surface area contributed by atoms with E-state index in [1.165, 1.54) is 0 Å². The molecule has 10 nitrogen and oxygen atoms in total. The summed E-state index contributed by atoms with van der Waals surface area (Å²) in [6, 6.07) is 8.50. The van der Waals surface area contributed by atoms with Crippen LogP contribution in [-0.4, -0.2) is 80.1 Å². The molecule has 0 spiro atoms. The second-order valence-corrected chi connectivity index (χ2v) is 10.9. The predicted octanol–water partition coefficient (Wildman–Crippen LogP) is 4.84. The Morgan fingerprint density at radius 3 is 2.41 bits per heavy atom. The maximum absolute atomic E-state index is 14.0. The topological polar surface area (TPSA) is 110 Å². The number of ether oxygens (including phenoxy) is 2. The molecule has 10 heteroatoms. The molecule has 3 aromatic rings. The third-order valence-corrected chi connectivity index (χ3v) is 6.92. The number of carbonyl (C=O) groups is 2. The van der Waals surface area contributed by atoms with Crippen LogP contribution in [0.3, 0.4) is 0 Å². The summed E-state index contributed by atoms with van der Waals surface area (Å²) in [6.45, 7) is 11.6. The molecule has 2 saturated heterocycles. The Kier molecular flexibility index (Phi) is 7.31. The Bertz CT molecular complexity index is 1380. The number of piperazine rings is 1. The molecule has 0 radical (unpaired) electrons. The Morgan fingerprint density at radius 1 is 1.10 bits per heavy atom. The molecule has 39 heavy (non-hydrogen) atoms. The summed E-state index contributed by atoms with van der Waals surface area (Å²) in [4.78, 5) is 34.9. The monoisotopic (exact) mass is 533 g/mol. The normalized spacial score (nSPS) is 18.3. The van der Waals surface area contributed by atoms with E-state index in [0.29, 0.717) is 60.8 Å². The number of phenolic OH excluding ortho intramolecular Hbond substituents is 1. The number of benzene rings is 1. The predicted molar refractivity (Wildman–Crippen MR) is 147 cm³/mol. The van der Waals surface area contributed by atoms with Crippen molar-refractivity contribution >= 4 is 29.1 Å². The van der Waals surface area contributed by atoms with E-state index in [-0.39, 0.29) is 24.0 Å². The molecule has 2 fully saturated rings. The van der Waals surface area contributed by atoms with Crippen LogP contribution >= 0.6 is 0 Å². The summed E-state index contributed by atoms with van der Waals surface area (Å²) in [5, 5.41) is 15.2. The lowest BCUT2D eigenvalue weighted by Gasteiger charge is -2.35. The van der Waals surface area contributed by atoms with Gasteiger partial charge in [0.05, 0.1) is 22.3 Å². The van der Waals surface area contributed by atoms with Gasteiger partial charge in [-0.3, -0.25) is 4.79 Å². The van der Waals surface area contributed by atoms with Gasteiger partial charge in [0.1, 0.15) is 11.4 Å². The van der Waals surface area contributed by atoms with E-state index < -0.39 is 5.60 Å². The summed E-state index contributed by atoms with van der Waals surface area (Å²) >= 11 is 0. The number of carbonyl (C=O) groups excluding carboxylic acids is 2. The number of hydrogen-bond donors (Lipinski definition) is 1. The standard InChI is InChI=1S/C29H35N5O5/c1-5-22-25-21(27(36)32-13-15-33(16-14-32)28(37)39-29(2,3)4)18-23(19-9-11-20(35)12-10-19)30-26(25)34(31-22)24-8-6-7-17-38-24/h5,9-12,18,24,35H,1,6-8,13-17H2,2-4H3. The molecular weight excluding hydrogens is 498 g/mol. The molecule has 4 heterocycles. The molecular formula is C29H35N5O5. The summed E-state index contributed by atoms with van der Waals surface area (Å²) in [7, 11) is 0. The molecule has 2 aromatic heterocycles. The maximum atomic E-state index is 14.0. The zero-order valence-electron chi connectivity index (χ0n) is 22.7. The first-order valence-electron chi connectivity index (χ1n) is 13.4. The number of hydrogen-bond acceptors (Lipinski definition) is 7. The fourth-order valence-corrected chi connectivity index (χ4v) is 4.96. The van der Waals surface area contributed by atoms with Gasteiger partial charge in [0.15, 0.2) is 11.9 Å². The van der Waals surface area contributed by atoms with E-state index in [9.17, 15) is 14.7 Å². The molecule has 206 valence electrons. The molecule has 1 N–H and O–H groups in total. The van der Waals surface area contributed by atoms with Crippen LogP contribution in [0.5, 0.6) is 5.75 Å². The molecule has 5 rings (SSSR count). The van der Waals surface area contributed by atoms with E-state index in [4.69, 9.17) is 19.6 Å². The van der Waals surface area contributed by atoms with Gasteiger partial charge < -0.3 is 24.4 Å². The lowest BCUT2D eigenvalue weighted by molar-refractivity contribution is -0.0370. The highest BCUT2D eigenvalue weighted by Gasteiger charge is 2.31.